The maximum Gasteiger partial charge on any atom is 0.269 e. The van der Waals surface area contributed by atoms with Gasteiger partial charge in [-0.25, -0.2) is 13.8 Å². The Hall–Kier alpha value is -3.09. The average Bonchev–Trinajstić information content (AvgIpc) is 2.65. The average molecular weight is 357 g/mol. The summed E-state index contributed by atoms with van der Waals surface area (Å²) in [4.78, 5) is 30.3. The zero-order valence-electron chi connectivity index (χ0n) is 14.3. The third-order valence-corrected chi connectivity index (χ3v) is 4.45. The topological polar surface area (TPSA) is 55.2 Å². The van der Waals surface area contributed by atoms with E-state index in [1.165, 1.54) is 21.7 Å². The molecule has 0 N–H and O–H groups in total. The van der Waals surface area contributed by atoms with Crippen LogP contribution in [-0.2, 0) is 11.3 Å². The number of likely N-dealkylation sites (N-methyl/N-ethyl adjacent to an activating group) is 1. The molecule has 7 heteroatoms. The molecule has 26 heavy (non-hydrogen) atoms. The van der Waals surface area contributed by atoms with Crippen LogP contribution >= 0.6 is 0 Å². The molecule has 1 amide bonds. The quantitative estimate of drug-likeness (QED) is 0.721. The molecule has 1 heterocycles. The van der Waals surface area contributed by atoms with Gasteiger partial charge in [0.15, 0.2) is 11.6 Å². The van der Waals surface area contributed by atoms with Gasteiger partial charge in [-0.1, -0.05) is 18.2 Å². The van der Waals surface area contributed by atoms with Gasteiger partial charge >= 0.3 is 0 Å². The van der Waals surface area contributed by atoms with E-state index in [-0.39, 0.29) is 18.0 Å². The molecule has 0 aliphatic rings. The number of amides is 1. The molecule has 0 saturated heterocycles. The van der Waals surface area contributed by atoms with E-state index < -0.39 is 17.7 Å². The molecule has 2 aromatic carbocycles. The predicted octanol–water partition coefficient (Wildman–Crippen LogP) is 2.89. The zero-order valence-corrected chi connectivity index (χ0v) is 14.3. The van der Waals surface area contributed by atoms with Gasteiger partial charge < -0.3 is 4.90 Å². The fourth-order valence-electron chi connectivity index (χ4n) is 2.74. The summed E-state index contributed by atoms with van der Waals surface area (Å²) >= 11 is 0. The first-order valence-electron chi connectivity index (χ1n) is 8.03. The molecule has 0 saturated carbocycles. The van der Waals surface area contributed by atoms with Crippen molar-refractivity contribution in [3.63, 3.8) is 0 Å². The summed E-state index contributed by atoms with van der Waals surface area (Å²) in [6.45, 7) is 1.53. The van der Waals surface area contributed by atoms with Gasteiger partial charge in [-0.3, -0.25) is 14.2 Å². The van der Waals surface area contributed by atoms with Crippen molar-refractivity contribution in [2.45, 2.75) is 19.5 Å². The fourth-order valence-corrected chi connectivity index (χ4v) is 2.74. The number of nitrogens with zero attached hydrogens (tertiary/aromatic N) is 3. The molecule has 1 aromatic heterocycles. The lowest BCUT2D eigenvalue weighted by Gasteiger charge is -2.26. The van der Waals surface area contributed by atoms with Crippen LogP contribution in [0.5, 0.6) is 0 Å². The van der Waals surface area contributed by atoms with Crippen molar-refractivity contribution in [3.05, 3.63) is 76.2 Å². The van der Waals surface area contributed by atoms with Gasteiger partial charge in [0.2, 0.25) is 5.91 Å². The lowest BCUT2D eigenvalue weighted by Crippen LogP contribution is -2.35. The van der Waals surface area contributed by atoms with E-state index in [4.69, 9.17) is 0 Å². The molecule has 3 aromatic rings. The molecule has 0 radical (unpaired) electrons. The highest BCUT2D eigenvalue weighted by atomic mass is 19.2. The number of carbonyl (C=O) groups is 1. The van der Waals surface area contributed by atoms with Gasteiger partial charge in [0.05, 0.1) is 23.3 Å². The molecular formula is C19H17F2N3O2. The summed E-state index contributed by atoms with van der Waals surface area (Å²) in [6, 6.07) is 10.1. The van der Waals surface area contributed by atoms with E-state index in [2.05, 4.69) is 4.98 Å². The van der Waals surface area contributed by atoms with Crippen LogP contribution in [-0.4, -0.2) is 27.4 Å². The Morgan fingerprint density at radius 3 is 2.65 bits per heavy atom. The second-order valence-corrected chi connectivity index (χ2v) is 6.03. The zero-order chi connectivity index (χ0) is 18.8. The lowest BCUT2D eigenvalue weighted by molar-refractivity contribution is -0.132. The summed E-state index contributed by atoms with van der Waals surface area (Å²) in [7, 11) is 1.56. The molecule has 134 valence electrons. The Labute approximate surface area is 148 Å². The number of carbonyl (C=O) groups excluding carboxylic acids is 1. The van der Waals surface area contributed by atoms with Gasteiger partial charge in [0.1, 0.15) is 6.54 Å². The van der Waals surface area contributed by atoms with Crippen molar-refractivity contribution in [1.82, 2.24) is 14.5 Å². The molecule has 0 bridgehead atoms. The van der Waals surface area contributed by atoms with Crippen LogP contribution in [0.3, 0.4) is 0 Å². The van der Waals surface area contributed by atoms with E-state index in [0.29, 0.717) is 16.6 Å². The Kier molecular flexibility index (Phi) is 4.79. The van der Waals surface area contributed by atoms with Gasteiger partial charge in [0.25, 0.3) is 5.56 Å². The minimum Gasteiger partial charge on any atom is -0.337 e. The summed E-state index contributed by atoms with van der Waals surface area (Å²) in [5, 5.41) is 0. The van der Waals surface area contributed by atoms with Crippen molar-refractivity contribution >= 4 is 16.9 Å². The van der Waals surface area contributed by atoms with Crippen LogP contribution in [0.1, 0.15) is 18.5 Å². The van der Waals surface area contributed by atoms with Crippen LogP contribution in [0.2, 0.25) is 0 Å². The number of fused-ring (bicyclic) bond motifs is 1. The second-order valence-electron chi connectivity index (χ2n) is 6.03. The summed E-state index contributed by atoms with van der Waals surface area (Å²) < 4.78 is 27.9. The van der Waals surface area contributed by atoms with Crippen LogP contribution < -0.4 is 5.56 Å². The number of rotatable bonds is 4. The highest BCUT2D eigenvalue weighted by Crippen LogP contribution is 2.21. The molecule has 0 fully saturated rings. The number of para-hydroxylation sites is 2. The Balaban J connectivity index is 1.87. The lowest BCUT2D eigenvalue weighted by atomic mass is 10.1. The van der Waals surface area contributed by atoms with E-state index in [1.54, 1.807) is 38.2 Å². The number of aromatic nitrogens is 2. The monoisotopic (exact) mass is 357 g/mol. The molecule has 1 atom stereocenters. The van der Waals surface area contributed by atoms with Crippen LogP contribution in [0.15, 0.2) is 53.5 Å². The van der Waals surface area contributed by atoms with E-state index in [0.717, 1.165) is 12.1 Å². The second kappa shape index (κ2) is 7.03. The normalized spacial score (nSPS) is 12.2. The molecule has 0 aliphatic heterocycles. The van der Waals surface area contributed by atoms with Gasteiger partial charge in [-0.05, 0) is 36.8 Å². The standard InChI is InChI=1S/C19H17F2N3O2/c1-12(13-7-8-14(20)15(21)9-13)23(2)19(26)11-24-17-6-4-3-5-16(17)22-10-18(24)25/h3-10,12H,11H2,1-2H3. The van der Waals surface area contributed by atoms with Crippen LogP contribution in [0, 0.1) is 11.6 Å². The Bertz CT molecular complexity index is 1030. The summed E-state index contributed by atoms with van der Waals surface area (Å²) in [5.74, 6) is -2.24. The summed E-state index contributed by atoms with van der Waals surface area (Å²) in [5.41, 5.74) is 1.25. The largest absolute Gasteiger partial charge is 0.337 e. The van der Waals surface area contributed by atoms with E-state index >= 15 is 0 Å². The third-order valence-electron chi connectivity index (χ3n) is 4.45. The number of benzene rings is 2. The van der Waals surface area contributed by atoms with Gasteiger partial charge in [-0.2, -0.15) is 0 Å². The molecular weight excluding hydrogens is 340 g/mol. The molecule has 0 aliphatic carbocycles. The number of hydrogen-bond donors (Lipinski definition) is 0. The van der Waals surface area contributed by atoms with Crippen molar-refractivity contribution in [2.24, 2.45) is 0 Å². The first-order valence-corrected chi connectivity index (χ1v) is 8.03. The predicted molar refractivity (Wildman–Crippen MR) is 93.5 cm³/mol. The number of halogens is 2. The van der Waals surface area contributed by atoms with Crippen molar-refractivity contribution < 1.29 is 13.6 Å². The van der Waals surface area contributed by atoms with Crippen molar-refractivity contribution in [3.8, 4) is 0 Å². The van der Waals surface area contributed by atoms with Crippen molar-refractivity contribution in [1.29, 1.82) is 0 Å². The smallest absolute Gasteiger partial charge is 0.269 e. The molecule has 0 spiro atoms. The Morgan fingerprint density at radius 2 is 1.92 bits per heavy atom. The van der Waals surface area contributed by atoms with Crippen LogP contribution in [0.25, 0.3) is 11.0 Å². The molecule has 3 rings (SSSR count). The maximum atomic E-state index is 13.4. The Morgan fingerprint density at radius 1 is 1.19 bits per heavy atom. The summed E-state index contributed by atoms with van der Waals surface area (Å²) in [6.07, 6.45) is 1.17. The minimum absolute atomic E-state index is 0.174. The van der Waals surface area contributed by atoms with Gasteiger partial charge in [0, 0.05) is 7.05 Å². The SMILES string of the molecule is CC(c1ccc(F)c(F)c1)N(C)C(=O)Cn1c(=O)cnc2ccccc21. The maximum absolute atomic E-state index is 13.4. The highest BCUT2D eigenvalue weighted by molar-refractivity contribution is 5.80. The first kappa shape index (κ1) is 17.7. The minimum atomic E-state index is -0.966. The third kappa shape index (κ3) is 3.33. The molecule has 1 unspecified atom stereocenters. The van der Waals surface area contributed by atoms with Gasteiger partial charge in [-0.15, -0.1) is 0 Å². The molecule has 5 nitrogen and oxygen atoms in total. The fraction of sp³-hybridized carbons (Fsp3) is 0.211. The van der Waals surface area contributed by atoms with E-state index in [9.17, 15) is 18.4 Å². The highest BCUT2D eigenvalue weighted by Gasteiger charge is 2.20. The van der Waals surface area contributed by atoms with Crippen molar-refractivity contribution in [2.75, 3.05) is 7.05 Å². The van der Waals surface area contributed by atoms with E-state index in [1.807, 2.05) is 0 Å². The first-order chi connectivity index (χ1) is 12.4. The number of hydrogen-bond acceptors (Lipinski definition) is 3. The van der Waals surface area contributed by atoms with Crippen LogP contribution in [0.4, 0.5) is 8.78 Å².